The van der Waals surface area contributed by atoms with E-state index in [9.17, 15) is 0 Å². The number of nitrogens with zero attached hydrogens (tertiary/aromatic N) is 3. The number of aryl methyl sites for hydroxylation is 2. The van der Waals surface area contributed by atoms with Crippen LogP contribution >= 0.6 is 11.3 Å². The third-order valence-corrected chi connectivity index (χ3v) is 6.18. The number of rotatable bonds is 7. The minimum atomic E-state index is 0.289. The topological polar surface area (TPSA) is 74.9 Å². The molecule has 3 heterocycles. The van der Waals surface area contributed by atoms with Gasteiger partial charge in [0.05, 0.1) is 24.9 Å². The van der Waals surface area contributed by atoms with Crippen LogP contribution in [0.2, 0.25) is 0 Å². The third kappa shape index (κ3) is 5.12. The molecule has 3 rings (SSSR count). The normalized spacial score (nSPS) is 18.1. The first kappa shape index (κ1) is 20.8. The van der Waals surface area contributed by atoms with Gasteiger partial charge in [0.1, 0.15) is 5.76 Å². The SMILES string of the molecule is CN=C(NCC(C)c1c(C)noc1C)NCC(c1cccs1)N1CCOCC1. The molecule has 1 aliphatic heterocycles. The predicted octanol–water partition coefficient (Wildman–Crippen LogP) is 2.69. The van der Waals surface area contributed by atoms with Gasteiger partial charge in [0.15, 0.2) is 5.96 Å². The second-order valence-electron chi connectivity index (χ2n) is 7.15. The number of aliphatic imine (C=N–C) groups is 1. The molecule has 0 bridgehead atoms. The van der Waals surface area contributed by atoms with Crippen molar-refractivity contribution < 1.29 is 9.26 Å². The van der Waals surface area contributed by atoms with E-state index in [2.05, 4.69) is 50.1 Å². The van der Waals surface area contributed by atoms with Crippen molar-refractivity contribution in [2.24, 2.45) is 4.99 Å². The maximum Gasteiger partial charge on any atom is 0.191 e. The maximum absolute atomic E-state index is 5.53. The smallest absolute Gasteiger partial charge is 0.191 e. The molecular formula is C20H31N5O2S. The monoisotopic (exact) mass is 405 g/mol. The summed E-state index contributed by atoms with van der Waals surface area (Å²) in [6.07, 6.45) is 0. The highest BCUT2D eigenvalue weighted by Crippen LogP contribution is 2.25. The highest BCUT2D eigenvalue weighted by molar-refractivity contribution is 7.10. The molecule has 0 aliphatic carbocycles. The summed E-state index contributed by atoms with van der Waals surface area (Å²) in [5.74, 6) is 1.99. The summed E-state index contributed by atoms with van der Waals surface area (Å²) in [6, 6.07) is 4.65. The summed E-state index contributed by atoms with van der Waals surface area (Å²) in [4.78, 5) is 8.26. The lowest BCUT2D eigenvalue weighted by Crippen LogP contribution is -2.46. The van der Waals surface area contributed by atoms with Gasteiger partial charge in [-0.3, -0.25) is 9.89 Å². The van der Waals surface area contributed by atoms with Gasteiger partial charge in [-0.25, -0.2) is 0 Å². The van der Waals surface area contributed by atoms with E-state index in [1.165, 1.54) is 10.4 Å². The average Bonchev–Trinajstić information content (AvgIpc) is 3.35. The zero-order valence-electron chi connectivity index (χ0n) is 17.2. The summed E-state index contributed by atoms with van der Waals surface area (Å²) in [5, 5.41) is 13.2. The Kier molecular flexibility index (Phi) is 7.47. The minimum absolute atomic E-state index is 0.289. The Labute approximate surface area is 171 Å². The molecule has 7 nitrogen and oxygen atoms in total. The van der Waals surface area contributed by atoms with Gasteiger partial charge in [-0.05, 0) is 25.3 Å². The van der Waals surface area contributed by atoms with Crippen LogP contribution in [0.25, 0.3) is 0 Å². The lowest BCUT2D eigenvalue weighted by molar-refractivity contribution is 0.0177. The fourth-order valence-corrected chi connectivity index (χ4v) is 4.60. The summed E-state index contributed by atoms with van der Waals surface area (Å²) in [6.45, 7) is 11.2. The average molecular weight is 406 g/mol. The zero-order chi connectivity index (χ0) is 19.9. The number of nitrogens with one attached hydrogen (secondary N) is 2. The summed E-state index contributed by atoms with van der Waals surface area (Å²) >= 11 is 1.80. The Bertz CT molecular complexity index is 733. The highest BCUT2D eigenvalue weighted by Gasteiger charge is 2.24. The molecule has 8 heteroatoms. The van der Waals surface area contributed by atoms with Crippen LogP contribution in [-0.2, 0) is 4.74 Å². The number of aromatic nitrogens is 1. The minimum Gasteiger partial charge on any atom is -0.379 e. The number of hydrogen-bond acceptors (Lipinski definition) is 6. The fourth-order valence-electron chi connectivity index (χ4n) is 3.74. The van der Waals surface area contributed by atoms with Gasteiger partial charge in [-0.2, -0.15) is 0 Å². The maximum atomic E-state index is 5.53. The van der Waals surface area contributed by atoms with Gasteiger partial charge in [-0.1, -0.05) is 18.1 Å². The molecule has 2 aromatic rings. The molecule has 28 heavy (non-hydrogen) atoms. The summed E-state index contributed by atoms with van der Waals surface area (Å²) in [7, 11) is 1.81. The lowest BCUT2D eigenvalue weighted by atomic mass is 10.00. The summed E-state index contributed by atoms with van der Waals surface area (Å²) < 4.78 is 10.8. The number of thiophene rings is 1. The van der Waals surface area contributed by atoms with Gasteiger partial charge < -0.3 is 19.9 Å². The van der Waals surface area contributed by atoms with Crippen molar-refractivity contribution in [3.05, 3.63) is 39.4 Å². The quantitative estimate of drug-likeness (QED) is 0.545. The van der Waals surface area contributed by atoms with E-state index in [0.717, 1.165) is 56.8 Å². The van der Waals surface area contributed by atoms with Gasteiger partial charge >= 0.3 is 0 Å². The van der Waals surface area contributed by atoms with E-state index >= 15 is 0 Å². The zero-order valence-corrected chi connectivity index (χ0v) is 18.0. The third-order valence-electron chi connectivity index (χ3n) is 5.20. The lowest BCUT2D eigenvalue weighted by Gasteiger charge is -2.34. The van der Waals surface area contributed by atoms with E-state index in [-0.39, 0.29) is 5.92 Å². The molecule has 0 radical (unpaired) electrons. The first-order valence-electron chi connectivity index (χ1n) is 9.82. The number of hydrogen-bond donors (Lipinski definition) is 2. The molecule has 0 aromatic carbocycles. The van der Waals surface area contributed by atoms with E-state index in [0.29, 0.717) is 6.04 Å². The molecule has 2 unspecified atom stereocenters. The Balaban J connectivity index is 1.57. The van der Waals surface area contributed by atoms with Crippen LogP contribution in [0.5, 0.6) is 0 Å². The highest BCUT2D eigenvalue weighted by atomic mass is 32.1. The van der Waals surface area contributed by atoms with Crippen molar-refractivity contribution in [3.8, 4) is 0 Å². The van der Waals surface area contributed by atoms with E-state index < -0.39 is 0 Å². The largest absolute Gasteiger partial charge is 0.379 e. The molecule has 0 spiro atoms. The number of guanidine groups is 1. The van der Waals surface area contributed by atoms with Crippen LogP contribution in [0.1, 0.15) is 40.8 Å². The Morgan fingerprint density at radius 1 is 1.29 bits per heavy atom. The van der Waals surface area contributed by atoms with Gasteiger partial charge in [0.25, 0.3) is 0 Å². The van der Waals surface area contributed by atoms with Gasteiger partial charge in [-0.15, -0.1) is 11.3 Å². The van der Waals surface area contributed by atoms with Crippen LogP contribution in [0.4, 0.5) is 0 Å². The van der Waals surface area contributed by atoms with Crippen molar-refractivity contribution in [2.45, 2.75) is 32.7 Å². The van der Waals surface area contributed by atoms with E-state index in [4.69, 9.17) is 9.26 Å². The standard InChI is InChI=1S/C20H31N5O2S/c1-14(19-15(2)24-27-16(19)3)12-22-20(21-4)23-13-17(18-6-5-11-28-18)25-7-9-26-10-8-25/h5-6,11,14,17H,7-10,12-13H2,1-4H3,(H2,21,22,23). The van der Waals surface area contributed by atoms with Crippen LogP contribution in [0.15, 0.2) is 27.0 Å². The van der Waals surface area contributed by atoms with Crippen molar-refractivity contribution in [1.29, 1.82) is 0 Å². The molecule has 2 aromatic heterocycles. The molecule has 0 saturated carbocycles. The van der Waals surface area contributed by atoms with E-state index in [1.807, 2.05) is 20.9 Å². The van der Waals surface area contributed by atoms with Crippen molar-refractivity contribution in [1.82, 2.24) is 20.7 Å². The van der Waals surface area contributed by atoms with Crippen LogP contribution in [-0.4, -0.2) is 62.5 Å². The van der Waals surface area contributed by atoms with Crippen molar-refractivity contribution in [2.75, 3.05) is 46.4 Å². The molecule has 0 amide bonds. The first-order chi connectivity index (χ1) is 13.6. The van der Waals surface area contributed by atoms with Crippen LogP contribution in [0, 0.1) is 13.8 Å². The predicted molar refractivity (Wildman–Crippen MR) is 113 cm³/mol. The fraction of sp³-hybridized carbons (Fsp3) is 0.600. The Morgan fingerprint density at radius 3 is 2.64 bits per heavy atom. The van der Waals surface area contributed by atoms with Crippen molar-refractivity contribution in [3.63, 3.8) is 0 Å². The van der Waals surface area contributed by atoms with Gasteiger partial charge in [0.2, 0.25) is 0 Å². The molecule has 1 saturated heterocycles. The summed E-state index contributed by atoms with van der Waals surface area (Å²) in [5.41, 5.74) is 2.13. The second kappa shape index (κ2) is 10.0. The van der Waals surface area contributed by atoms with Crippen molar-refractivity contribution >= 4 is 17.3 Å². The molecule has 154 valence electrons. The Hall–Kier alpha value is -1.90. The van der Waals surface area contributed by atoms with E-state index in [1.54, 1.807) is 11.3 Å². The molecule has 2 N–H and O–H groups in total. The molecule has 2 atom stereocenters. The Morgan fingerprint density at radius 2 is 2.04 bits per heavy atom. The molecule has 1 aliphatic rings. The molecular weight excluding hydrogens is 374 g/mol. The second-order valence-corrected chi connectivity index (χ2v) is 8.13. The first-order valence-corrected chi connectivity index (χ1v) is 10.7. The number of ether oxygens (including phenoxy) is 1. The number of morpholine rings is 1. The van der Waals surface area contributed by atoms with Gasteiger partial charge in [0, 0.05) is 49.6 Å². The molecule has 1 fully saturated rings. The van der Waals surface area contributed by atoms with Crippen LogP contribution in [0.3, 0.4) is 0 Å². The van der Waals surface area contributed by atoms with Crippen LogP contribution < -0.4 is 10.6 Å².